The van der Waals surface area contributed by atoms with E-state index in [1.807, 2.05) is 29.2 Å². The Morgan fingerprint density at radius 1 is 1.00 bits per heavy atom. The molecular formula is C17H12F2N2O. The van der Waals surface area contributed by atoms with Gasteiger partial charge in [0.25, 0.3) is 0 Å². The average Bonchev–Trinajstić information content (AvgIpc) is 2.89. The van der Waals surface area contributed by atoms with Crippen molar-refractivity contribution in [3.05, 3.63) is 65.2 Å². The van der Waals surface area contributed by atoms with E-state index in [2.05, 4.69) is 4.98 Å². The van der Waals surface area contributed by atoms with Crippen molar-refractivity contribution in [3.63, 3.8) is 0 Å². The molecule has 4 rings (SSSR count). The first-order valence-corrected chi connectivity index (χ1v) is 6.92. The monoisotopic (exact) mass is 298 g/mol. The summed E-state index contributed by atoms with van der Waals surface area (Å²) in [5, 5.41) is 10.4. The van der Waals surface area contributed by atoms with E-state index in [1.165, 1.54) is 6.07 Å². The van der Waals surface area contributed by atoms with Crippen molar-refractivity contribution in [3.8, 4) is 5.75 Å². The van der Waals surface area contributed by atoms with Crippen LogP contribution >= 0.6 is 0 Å². The zero-order chi connectivity index (χ0) is 15.3. The van der Waals surface area contributed by atoms with Crippen molar-refractivity contribution in [1.29, 1.82) is 0 Å². The van der Waals surface area contributed by atoms with Gasteiger partial charge in [0.15, 0.2) is 17.4 Å². The van der Waals surface area contributed by atoms with Gasteiger partial charge >= 0.3 is 0 Å². The van der Waals surface area contributed by atoms with Gasteiger partial charge in [-0.3, -0.25) is 0 Å². The van der Waals surface area contributed by atoms with Crippen molar-refractivity contribution < 1.29 is 13.9 Å². The lowest BCUT2D eigenvalue weighted by molar-refractivity contribution is 0.472. The van der Waals surface area contributed by atoms with Crippen LogP contribution in [0.1, 0.15) is 11.1 Å². The maximum absolute atomic E-state index is 13.9. The highest BCUT2D eigenvalue weighted by Gasteiger charge is 2.23. The Morgan fingerprint density at radius 3 is 2.36 bits per heavy atom. The number of rotatable bonds is 1. The Bertz CT molecular complexity index is 870. The number of hydrogen-bond donors (Lipinski definition) is 1. The molecule has 0 spiro atoms. The van der Waals surface area contributed by atoms with Crippen molar-refractivity contribution in [2.45, 2.75) is 13.1 Å². The number of aromatic hydroxyl groups is 1. The first kappa shape index (κ1) is 13.0. The van der Waals surface area contributed by atoms with Crippen molar-refractivity contribution in [2.75, 3.05) is 4.90 Å². The predicted molar refractivity (Wildman–Crippen MR) is 79.7 cm³/mol. The lowest BCUT2D eigenvalue weighted by atomic mass is 10.1. The second-order valence-electron chi connectivity index (χ2n) is 5.42. The van der Waals surface area contributed by atoms with Crippen molar-refractivity contribution in [2.24, 2.45) is 0 Å². The second-order valence-corrected chi connectivity index (χ2v) is 5.42. The third kappa shape index (κ3) is 1.97. The van der Waals surface area contributed by atoms with Crippen LogP contribution in [-0.4, -0.2) is 10.1 Å². The van der Waals surface area contributed by atoms with Gasteiger partial charge in [-0.1, -0.05) is 24.3 Å². The summed E-state index contributed by atoms with van der Waals surface area (Å²) >= 11 is 0. The summed E-state index contributed by atoms with van der Waals surface area (Å²) in [6.45, 7) is 1.20. The topological polar surface area (TPSA) is 36.4 Å². The molecule has 1 aliphatic heterocycles. The molecule has 0 amide bonds. The molecule has 0 bridgehead atoms. The molecule has 0 unspecified atom stereocenters. The minimum atomic E-state index is -0.729. The number of pyridine rings is 1. The minimum absolute atomic E-state index is 0.0603. The average molecular weight is 298 g/mol. The minimum Gasteiger partial charge on any atom is -0.504 e. The molecule has 2 heterocycles. The van der Waals surface area contributed by atoms with Crippen molar-refractivity contribution in [1.82, 2.24) is 4.98 Å². The van der Waals surface area contributed by atoms with Gasteiger partial charge in [0.2, 0.25) is 0 Å². The summed E-state index contributed by atoms with van der Waals surface area (Å²) in [5.74, 6) is -1.18. The fourth-order valence-corrected chi connectivity index (χ4v) is 2.90. The zero-order valence-electron chi connectivity index (χ0n) is 11.6. The van der Waals surface area contributed by atoms with E-state index in [9.17, 15) is 13.9 Å². The molecule has 1 N–H and O–H groups in total. The molecule has 1 aromatic heterocycles. The van der Waals surface area contributed by atoms with Gasteiger partial charge in [-0.15, -0.1) is 0 Å². The highest BCUT2D eigenvalue weighted by molar-refractivity contribution is 5.83. The molecular weight excluding hydrogens is 286 g/mol. The van der Waals surface area contributed by atoms with Gasteiger partial charge < -0.3 is 10.0 Å². The Balaban J connectivity index is 1.82. The first-order chi connectivity index (χ1) is 10.6. The van der Waals surface area contributed by atoms with Crippen LogP contribution in [0, 0.1) is 11.6 Å². The maximum Gasteiger partial charge on any atom is 0.172 e. The van der Waals surface area contributed by atoms with Crippen LogP contribution in [0.2, 0.25) is 0 Å². The van der Waals surface area contributed by atoms with Crippen LogP contribution in [0.5, 0.6) is 5.75 Å². The Kier molecular flexibility index (Phi) is 2.76. The fourth-order valence-electron chi connectivity index (χ4n) is 2.90. The van der Waals surface area contributed by atoms with Gasteiger partial charge in [0.05, 0.1) is 0 Å². The smallest absolute Gasteiger partial charge is 0.172 e. The first-order valence-electron chi connectivity index (χ1n) is 6.92. The van der Waals surface area contributed by atoms with Crippen LogP contribution in [0.15, 0.2) is 42.5 Å². The molecule has 22 heavy (non-hydrogen) atoms. The predicted octanol–water partition coefficient (Wildman–Crippen LogP) is 3.74. The van der Waals surface area contributed by atoms with Gasteiger partial charge in [-0.25, -0.2) is 13.8 Å². The number of hydrogen-bond acceptors (Lipinski definition) is 3. The van der Waals surface area contributed by atoms with E-state index in [-0.39, 0.29) is 16.7 Å². The van der Waals surface area contributed by atoms with Gasteiger partial charge in [-0.2, -0.15) is 0 Å². The molecule has 1 aliphatic rings. The molecule has 0 aliphatic carbocycles. The number of anilines is 1. The number of aromatic nitrogens is 1. The molecule has 0 atom stereocenters. The Hall–Kier alpha value is -2.69. The summed E-state index contributed by atoms with van der Waals surface area (Å²) in [5.41, 5.74) is 2.37. The lowest BCUT2D eigenvalue weighted by Crippen LogP contribution is -2.16. The zero-order valence-corrected chi connectivity index (χ0v) is 11.6. The quantitative estimate of drug-likeness (QED) is 0.743. The number of benzene rings is 2. The Morgan fingerprint density at radius 2 is 1.68 bits per heavy atom. The summed E-state index contributed by atoms with van der Waals surface area (Å²) in [6, 6.07) is 11.3. The van der Waals surface area contributed by atoms with Gasteiger partial charge in [0, 0.05) is 24.5 Å². The lowest BCUT2D eigenvalue weighted by Gasteiger charge is -2.18. The van der Waals surface area contributed by atoms with Crippen molar-refractivity contribution >= 4 is 16.7 Å². The molecule has 5 heteroatoms. The third-order valence-electron chi connectivity index (χ3n) is 3.94. The van der Waals surface area contributed by atoms with Gasteiger partial charge in [0.1, 0.15) is 11.3 Å². The highest BCUT2D eigenvalue weighted by Crippen LogP contribution is 2.35. The van der Waals surface area contributed by atoms with E-state index in [0.717, 1.165) is 23.3 Å². The standard InChI is InChI=1S/C17H12F2N2O/c18-13-5-12-6-15(22)17(20-16(12)14(19)7-13)21-8-10-3-1-2-4-11(10)9-21/h1-7,22H,8-9H2. The van der Waals surface area contributed by atoms with E-state index in [1.54, 1.807) is 0 Å². The van der Waals surface area contributed by atoms with Crippen LogP contribution in [0.4, 0.5) is 14.6 Å². The summed E-state index contributed by atoms with van der Waals surface area (Å²) in [4.78, 5) is 6.09. The fraction of sp³-hybridized carbons (Fsp3) is 0.118. The number of nitrogens with zero attached hydrogens (tertiary/aromatic N) is 2. The molecule has 0 fully saturated rings. The van der Waals surface area contributed by atoms with Gasteiger partial charge in [-0.05, 0) is 23.3 Å². The number of fused-ring (bicyclic) bond motifs is 2. The normalized spacial score (nSPS) is 13.6. The third-order valence-corrected chi connectivity index (χ3v) is 3.94. The Labute approximate surface area is 125 Å². The second kappa shape index (κ2) is 4.66. The molecule has 0 radical (unpaired) electrons. The summed E-state index contributed by atoms with van der Waals surface area (Å²) < 4.78 is 27.2. The van der Waals surface area contributed by atoms with E-state index >= 15 is 0 Å². The molecule has 0 saturated carbocycles. The molecule has 0 saturated heterocycles. The van der Waals surface area contributed by atoms with E-state index < -0.39 is 11.6 Å². The maximum atomic E-state index is 13.9. The van der Waals surface area contributed by atoms with E-state index in [4.69, 9.17) is 0 Å². The SMILES string of the molecule is Oc1cc2cc(F)cc(F)c2nc1N1Cc2ccccc2C1. The summed E-state index contributed by atoms with van der Waals surface area (Å²) in [7, 11) is 0. The van der Waals surface area contributed by atoms with Crippen LogP contribution in [-0.2, 0) is 13.1 Å². The van der Waals surface area contributed by atoms with Crippen LogP contribution in [0.25, 0.3) is 10.9 Å². The molecule has 3 aromatic rings. The summed E-state index contributed by atoms with van der Waals surface area (Å²) in [6.07, 6.45) is 0. The molecule has 110 valence electrons. The van der Waals surface area contributed by atoms with E-state index in [0.29, 0.717) is 18.9 Å². The largest absolute Gasteiger partial charge is 0.504 e. The molecule has 2 aromatic carbocycles. The molecule has 3 nitrogen and oxygen atoms in total. The number of halogens is 2. The van der Waals surface area contributed by atoms with Crippen LogP contribution in [0.3, 0.4) is 0 Å². The van der Waals surface area contributed by atoms with Crippen LogP contribution < -0.4 is 4.90 Å². The highest BCUT2D eigenvalue weighted by atomic mass is 19.1.